The van der Waals surface area contributed by atoms with E-state index in [0.29, 0.717) is 31.6 Å². The smallest absolute Gasteiger partial charge is 0.246 e. The van der Waals surface area contributed by atoms with E-state index in [4.69, 9.17) is 11.6 Å². The first kappa shape index (κ1) is 24.2. The van der Waals surface area contributed by atoms with Crippen LogP contribution in [0.25, 0.3) is 6.08 Å². The van der Waals surface area contributed by atoms with Crippen LogP contribution >= 0.6 is 11.6 Å². The zero-order chi connectivity index (χ0) is 23.2. The predicted octanol–water partition coefficient (Wildman–Crippen LogP) is 3.11. The zero-order valence-corrected chi connectivity index (χ0v) is 20.0. The summed E-state index contributed by atoms with van der Waals surface area (Å²) in [5.41, 5.74) is 0.663. The predicted molar refractivity (Wildman–Crippen MR) is 128 cm³/mol. The molecule has 1 aromatic rings. The SMILES string of the molecule is O=C(/C=C/c1ccc(F)c(Cl)c1)N1CCC(=O)N(CCCCN2CCN(C3CC3)CC2)CC1. The van der Waals surface area contributed by atoms with Gasteiger partial charge in [0.1, 0.15) is 5.82 Å². The lowest BCUT2D eigenvalue weighted by Gasteiger charge is -2.34. The van der Waals surface area contributed by atoms with E-state index in [1.807, 2.05) is 4.90 Å². The molecule has 1 aliphatic carbocycles. The first-order chi connectivity index (χ1) is 16.0. The molecule has 0 aromatic heterocycles. The van der Waals surface area contributed by atoms with Crippen molar-refractivity contribution < 1.29 is 14.0 Å². The average Bonchev–Trinajstić information content (AvgIpc) is 3.67. The van der Waals surface area contributed by atoms with Crippen molar-refractivity contribution in [2.45, 2.75) is 38.1 Å². The van der Waals surface area contributed by atoms with Gasteiger partial charge in [-0.25, -0.2) is 4.39 Å². The fourth-order valence-corrected chi connectivity index (χ4v) is 4.83. The van der Waals surface area contributed by atoms with Gasteiger partial charge in [0.2, 0.25) is 11.8 Å². The normalized spacial score (nSPS) is 21.1. The maximum Gasteiger partial charge on any atom is 0.246 e. The Morgan fingerprint density at radius 2 is 1.79 bits per heavy atom. The lowest BCUT2D eigenvalue weighted by Crippen LogP contribution is -2.47. The fourth-order valence-electron chi connectivity index (χ4n) is 4.64. The van der Waals surface area contributed by atoms with Crippen molar-refractivity contribution in [3.63, 3.8) is 0 Å². The standard InChI is InChI=1S/C25H34ClFN4O2/c26-22-19-20(3-7-23(22)27)4-8-24(32)31-12-9-25(33)30(17-18-31)11-2-1-10-28-13-15-29(16-14-28)21-5-6-21/h3-4,7-8,19,21H,1-2,5-6,9-18H2/b8-4+. The minimum atomic E-state index is -0.484. The van der Waals surface area contributed by atoms with Crippen LogP contribution in [0.5, 0.6) is 0 Å². The van der Waals surface area contributed by atoms with Crippen LogP contribution in [-0.2, 0) is 9.59 Å². The summed E-state index contributed by atoms with van der Waals surface area (Å²) in [6.45, 7) is 8.10. The molecule has 180 valence electrons. The van der Waals surface area contributed by atoms with Crippen molar-refractivity contribution in [1.82, 2.24) is 19.6 Å². The molecule has 2 aliphatic heterocycles. The lowest BCUT2D eigenvalue weighted by atomic mass is 10.2. The van der Waals surface area contributed by atoms with Gasteiger partial charge in [-0.1, -0.05) is 17.7 Å². The minimum absolute atomic E-state index is 0.0288. The number of rotatable bonds is 8. The number of unbranched alkanes of at least 4 members (excludes halogenated alkanes) is 1. The van der Waals surface area contributed by atoms with Gasteiger partial charge in [0, 0.05) is 70.9 Å². The summed E-state index contributed by atoms with van der Waals surface area (Å²) in [5.74, 6) is -0.504. The third kappa shape index (κ3) is 7.01. The molecule has 0 spiro atoms. The summed E-state index contributed by atoms with van der Waals surface area (Å²) in [6, 6.07) is 5.21. The number of piperazine rings is 1. The number of carbonyl (C=O) groups excluding carboxylic acids is 2. The molecule has 0 N–H and O–H groups in total. The van der Waals surface area contributed by atoms with E-state index in [-0.39, 0.29) is 16.8 Å². The van der Waals surface area contributed by atoms with Gasteiger partial charge in [0.05, 0.1) is 5.02 Å². The highest BCUT2D eigenvalue weighted by Crippen LogP contribution is 2.27. The summed E-state index contributed by atoms with van der Waals surface area (Å²) < 4.78 is 13.3. The molecule has 2 saturated heterocycles. The van der Waals surface area contributed by atoms with Crippen LogP contribution in [0.4, 0.5) is 4.39 Å². The van der Waals surface area contributed by atoms with E-state index in [9.17, 15) is 14.0 Å². The number of halogens is 2. The maximum absolute atomic E-state index is 13.3. The number of benzene rings is 1. The number of nitrogens with zero attached hydrogens (tertiary/aromatic N) is 4. The molecule has 0 radical (unpaired) electrons. The molecule has 2 heterocycles. The minimum Gasteiger partial charge on any atom is -0.341 e. The van der Waals surface area contributed by atoms with E-state index in [0.717, 1.165) is 45.1 Å². The zero-order valence-electron chi connectivity index (χ0n) is 19.2. The molecule has 1 aromatic carbocycles. The van der Waals surface area contributed by atoms with Gasteiger partial charge in [-0.3, -0.25) is 14.5 Å². The highest BCUT2D eigenvalue weighted by molar-refractivity contribution is 6.30. The molecule has 2 amide bonds. The first-order valence-electron chi connectivity index (χ1n) is 12.2. The Morgan fingerprint density at radius 3 is 2.52 bits per heavy atom. The highest BCUT2D eigenvalue weighted by atomic mass is 35.5. The second-order valence-corrected chi connectivity index (χ2v) is 9.69. The largest absolute Gasteiger partial charge is 0.341 e. The van der Waals surface area contributed by atoms with E-state index in [1.54, 1.807) is 17.0 Å². The highest BCUT2D eigenvalue weighted by Gasteiger charge is 2.31. The Hall–Kier alpha value is -1.96. The molecular formula is C25H34ClFN4O2. The molecule has 0 atom stereocenters. The summed E-state index contributed by atoms with van der Waals surface area (Å²) >= 11 is 5.80. The third-order valence-electron chi connectivity index (χ3n) is 6.88. The van der Waals surface area contributed by atoms with E-state index in [1.165, 1.54) is 44.1 Å². The van der Waals surface area contributed by atoms with Gasteiger partial charge in [-0.15, -0.1) is 0 Å². The number of carbonyl (C=O) groups is 2. The van der Waals surface area contributed by atoms with Crippen molar-refractivity contribution in [2.24, 2.45) is 0 Å². The Kier molecular flexibility index (Phi) is 8.39. The lowest BCUT2D eigenvalue weighted by molar-refractivity contribution is -0.130. The second kappa shape index (κ2) is 11.4. The fraction of sp³-hybridized carbons (Fsp3) is 0.600. The Morgan fingerprint density at radius 1 is 1.03 bits per heavy atom. The van der Waals surface area contributed by atoms with Crippen LogP contribution in [0.15, 0.2) is 24.3 Å². The number of amides is 2. The Bertz CT molecular complexity index is 868. The van der Waals surface area contributed by atoms with Crippen LogP contribution < -0.4 is 0 Å². The molecule has 3 aliphatic rings. The van der Waals surface area contributed by atoms with Crippen LogP contribution in [-0.4, -0.2) is 96.4 Å². The quantitative estimate of drug-likeness (QED) is 0.427. The number of hydrogen-bond donors (Lipinski definition) is 0. The molecule has 3 fully saturated rings. The van der Waals surface area contributed by atoms with Crippen LogP contribution in [0, 0.1) is 5.82 Å². The Labute approximate surface area is 200 Å². The molecule has 8 heteroatoms. The van der Waals surface area contributed by atoms with Crippen molar-refractivity contribution in [3.05, 3.63) is 40.7 Å². The summed E-state index contributed by atoms with van der Waals surface area (Å²) in [4.78, 5) is 33.9. The molecule has 0 bridgehead atoms. The van der Waals surface area contributed by atoms with Crippen LogP contribution in [0.2, 0.25) is 5.02 Å². The topological polar surface area (TPSA) is 47.1 Å². The van der Waals surface area contributed by atoms with Gasteiger partial charge < -0.3 is 14.7 Å². The third-order valence-corrected chi connectivity index (χ3v) is 7.17. The van der Waals surface area contributed by atoms with E-state index >= 15 is 0 Å². The summed E-state index contributed by atoms with van der Waals surface area (Å²) in [7, 11) is 0. The van der Waals surface area contributed by atoms with Gasteiger partial charge in [-0.2, -0.15) is 0 Å². The molecule has 33 heavy (non-hydrogen) atoms. The van der Waals surface area contributed by atoms with Gasteiger partial charge in [-0.05, 0) is 56.0 Å². The first-order valence-corrected chi connectivity index (χ1v) is 12.5. The molecular weight excluding hydrogens is 443 g/mol. The Balaban J connectivity index is 1.16. The van der Waals surface area contributed by atoms with Gasteiger partial charge in [0.25, 0.3) is 0 Å². The molecule has 0 unspecified atom stereocenters. The second-order valence-electron chi connectivity index (χ2n) is 9.28. The van der Waals surface area contributed by atoms with Crippen molar-refractivity contribution >= 4 is 29.5 Å². The monoisotopic (exact) mass is 476 g/mol. The average molecular weight is 477 g/mol. The van der Waals surface area contributed by atoms with E-state index < -0.39 is 5.82 Å². The number of hydrogen-bond acceptors (Lipinski definition) is 4. The van der Waals surface area contributed by atoms with Crippen LogP contribution in [0.3, 0.4) is 0 Å². The van der Waals surface area contributed by atoms with Crippen molar-refractivity contribution in [1.29, 1.82) is 0 Å². The molecule has 6 nitrogen and oxygen atoms in total. The van der Waals surface area contributed by atoms with E-state index in [2.05, 4.69) is 9.80 Å². The molecule has 1 saturated carbocycles. The van der Waals surface area contributed by atoms with Gasteiger partial charge >= 0.3 is 0 Å². The molecule has 4 rings (SSSR count). The summed E-state index contributed by atoms with van der Waals surface area (Å²) in [6.07, 6.45) is 8.30. The van der Waals surface area contributed by atoms with Crippen molar-refractivity contribution in [3.8, 4) is 0 Å². The van der Waals surface area contributed by atoms with Gasteiger partial charge in [0.15, 0.2) is 0 Å². The van der Waals surface area contributed by atoms with Crippen LogP contribution in [0.1, 0.15) is 37.7 Å². The summed E-state index contributed by atoms with van der Waals surface area (Å²) in [5, 5.41) is 0.0288. The maximum atomic E-state index is 13.3. The van der Waals surface area contributed by atoms with Crippen molar-refractivity contribution in [2.75, 3.05) is 58.9 Å².